The number of rotatable bonds is 6. The summed E-state index contributed by atoms with van der Waals surface area (Å²) in [6, 6.07) is 7.65. The number of aromatic nitrogens is 3. The molecular formula is C17H22N4O3S. The van der Waals surface area contributed by atoms with Gasteiger partial charge in [0.15, 0.2) is 5.16 Å². The number of carbonyl (C=O) groups is 1. The van der Waals surface area contributed by atoms with Crippen LogP contribution in [0.25, 0.3) is 5.69 Å². The normalized spacial score (nSPS) is 17.5. The lowest BCUT2D eigenvalue weighted by Crippen LogP contribution is -2.46. The fourth-order valence-electron chi connectivity index (χ4n) is 2.73. The van der Waals surface area contributed by atoms with E-state index < -0.39 is 0 Å². The van der Waals surface area contributed by atoms with Crippen molar-refractivity contribution in [1.29, 1.82) is 0 Å². The van der Waals surface area contributed by atoms with Crippen molar-refractivity contribution in [3.8, 4) is 11.4 Å². The third kappa shape index (κ3) is 4.13. The molecule has 3 rings (SSSR count). The number of hydrogen-bond donors (Lipinski definition) is 0. The third-order valence-corrected chi connectivity index (χ3v) is 5.06. The Morgan fingerprint density at radius 3 is 3.08 bits per heavy atom. The van der Waals surface area contributed by atoms with E-state index >= 15 is 0 Å². The Bertz CT molecular complexity index is 721. The molecule has 1 fully saturated rings. The molecule has 7 nitrogen and oxygen atoms in total. The highest BCUT2D eigenvalue weighted by atomic mass is 32.2. The second-order valence-corrected chi connectivity index (χ2v) is 6.63. The van der Waals surface area contributed by atoms with Crippen molar-refractivity contribution in [2.75, 3.05) is 32.6 Å². The molecule has 0 N–H and O–H groups in total. The average Bonchev–Trinajstić information content (AvgIpc) is 3.14. The van der Waals surface area contributed by atoms with Gasteiger partial charge in [-0.1, -0.05) is 30.8 Å². The molecule has 134 valence electrons. The largest absolute Gasteiger partial charge is 0.495 e. The maximum atomic E-state index is 12.5. The number of methoxy groups -OCH3 is 1. The highest BCUT2D eigenvalue weighted by Crippen LogP contribution is 2.26. The maximum absolute atomic E-state index is 12.5. The van der Waals surface area contributed by atoms with Crippen molar-refractivity contribution in [3.05, 3.63) is 30.6 Å². The van der Waals surface area contributed by atoms with Gasteiger partial charge in [-0.25, -0.2) is 0 Å². The van der Waals surface area contributed by atoms with E-state index in [2.05, 4.69) is 17.1 Å². The van der Waals surface area contributed by atoms with Crippen molar-refractivity contribution in [1.82, 2.24) is 19.7 Å². The van der Waals surface area contributed by atoms with Gasteiger partial charge >= 0.3 is 0 Å². The van der Waals surface area contributed by atoms with Gasteiger partial charge in [0.25, 0.3) is 0 Å². The van der Waals surface area contributed by atoms with Gasteiger partial charge in [0.1, 0.15) is 12.1 Å². The van der Waals surface area contributed by atoms with Crippen molar-refractivity contribution in [2.45, 2.75) is 24.6 Å². The lowest BCUT2D eigenvalue weighted by molar-refractivity contribution is -0.135. The number of amides is 1. The Kier molecular flexibility index (Phi) is 5.93. The molecule has 0 aliphatic carbocycles. The van der Waals surface area contributed by atoms with E-state index in [0.29, 0.717) is 30.6 Å². The van der Waals surface area contributed by atoms with Crippen LogP contribution in [0.4, 0.5) is 0 Å². The van der Waals surface area contributed by atoms with Crippen LogP contribution < -0.4 is 4.74 Å². The summed E-state index contributed by atoms with van der Waals surface area (Å²) in [5, 5.41) is 8.79. The van der Waals surface area contributed by atoms with E-state index in [1.54, 1.807) is 13.4 Å². The summed E-state index contributed by atoms with van der Waals surface area (Å²) in [4.78, 5) is 14.4. The SMILES string of the molecule is CCC1CN(C(=O)CSc2nncn2-c2ccccc2OC)CCO1. The van der Waals surface area contributed by atoms with E-state index in [1.165, 1.54) is 11.8 Å². The Labute approximate surface area is 151 Å². The molecule has 0 spiro atoms. The Morgan fingerprint density at radius 1 is 1.44 bits per heavy atom. The fourth-order valence-corrected chi connectivity index (χ4v) is 3.55. The minimum Gasteiger partial charge on any atom is -0.495 e. The van der Waals surface area contributed by atoms with Crippen LogP contribution in [0.1, 0.15) is 13.3 Å². The lowest BCUT2D eigenvalue weighted by Gasteiger charge is -2.32. The molecule has 1 atom stereocenters. The minimum atomic E-state index is 0.0985. The lowest BCUT2D eigenvalue weighted by atomic mass is 10.2. The zero-order valence-electron chi connectivity index (χ0n) is 14.4. The first-order valence-corrected chi connectivity index (χ1v) is 9.27. The van der Waals surface area contributed by atoms with Crippen molar-refractivity contribution < 1.29 is 14.3 Å². The molecule has 1 amide bonds. The number of para-hydroxylation sites is 2. The van der Waals surface area contributed by atoms with E-state index in [1.807, 2.05) is 33.7 Å². The second kappa shape index (κ2) is 8.35. The molecule has 8 heteroatoms. The van der Waals surface area contributed by atoms with E-state index in [0.717, 1.165) is 17.9 Å². The van der Waals surface area contributed by atoms with Crippen LogP contribution in [-0.2, 0) is 9.53 Å². The van der Waals surface area contributed by atoms with Crippen LogP contribution in [0, 0.1) is 0 Å². The van der Waals surface area contributed by atoms with Gasteiger partial charge in [0.05, 0.1) is 31.3 Å². The number of carbonyl (C=O) groups excluding carboxylic acids is 1. The predicted octanol–water partition coefficient (Wildman–Crippen LogP) is 2.01. The molecule has 0 bridgehead atoms. The standard InChI is InChI=1S/C17H22N4O3S/c1-3-13-10-20(8-9-24-13)16(22)11-25-17-19-18-12-21(17)14-6-4-5-7-15(14)23-2/h4-7,12-13H,3,8-11H2,1-2H3. The van der Waals surface area contributed by atoms with E-state index in [9.17, 15) is 4.79 Å². The summed E-state index contributed by atoms with van der Waals surface area (Å²) in [6.45, 7) is 3.99. The summed E-state index contributed by atoms with van der Waals surface area (Å²) in [7, 11) is 1.63. The van der Waals surface area contributed by atoms with Crippen molar-refractivity contribution >= 4 is 17.7 Å². The number of hydrogen-bond acceptors (Lipinski definition) is 6. The zero-order chi connectivity index (χ0) is 17.6. The molecule has 1 aromatic carbocycles. The van der Waals surface area contributed by atoms with Crippen LogP contribution in [0.5, 0.6) is 5.75 Å². The van der Waals surface area contributed by atoms with Gasteiger partial charge in [-0.05, 0) is 18.6 Å². The van der Waals surface area contributed by atoms with Crippen LogP contribution in [0.15, 0.2) is 35.7 Å². The number of morpholine rings is 1. The molecule has 1 aromatic heterocycles. The summed E-state index contributed by atoms with van der Waals surface area (Å²) >= 11 is 1.38. The minimum absolute atomic E-state index is 0.0985. The van der Waals surface area contributed by atoms with Gasteiger partial charge < -0.3 is 14.4 Å². The summed E-state index contributed by atoms with van der Waals surface area (Å²) in [6.07, 6.45) is 2.69. The van der Waals surface area contributed by atoms with Crippen LogP contribution >= 0.6 is 11.8 Å². The van der Waals surface area contributed by atoms with Crippen LogP contribution in [-0.4, -0.2) is 64.2 Å². The zero-order valence-corrected chi connectivity index (χ0v) is 15.2. The second-order valence-electron chi connectivity index (χ2n) is 5.68. The van der Waals surface area contributed by atoms with Crippen molar-refractivity contribution in [3.63, 3.8) is 0 Å². The van der Waals surface area contributed by atoms with Crippen LogP contribution in [0.3, 0.4) is 0 Å². The average molecular weight is 362 g/mol. The predicted molar refractivity (Wildman–Crippen MR) is 95.2 cm³/mol. The number of ether oxygens (including phenoxy) is 2. The first-order valence-electron chi connectivity index (χ1n) is 8.28. The third-order valence-electron chi connectivity index (χ3n) is 4.13. The number of benzene rings is 1. The van der Waals surface area contributed by atoms with Crippen molar-refractivity contribution in [2.24, 2.45) is 0 Å². The molecule has 2 aromatic rings. The summed E-state index contributed by atoms with van der Waals surface area (Å²) < 4.78 is 12.9. The van der Waals surface area contributed by atoms with Gasteiger partial charge in [-0.3, -0.25) is 9.36 Å². The topological polar surface area (TPSA) is 69.5 Å². The first kappa shape index (κ1) is 17.8. The number of nitrogens with zero attached hydrogens (tertiary/aromatic N) is 4. The van der Waals surface area contributed by atoms with Gasteiger partial charge in [-0.2, -0.15) is 0 Å². The van der Waals surface area contributed by atoms with Gasteiger partial charge in [-0.15, -0.1) is 10.2 Å². The Balaban J connectivity index is 1.67. The highest BCUT2D eigenvalue weighted by molar-refractivity contribution is 7.99. The molecule has 1 aliphatic heterocycles. The maximum Gasteiger partial charge on any atom is 0.233 e. The van der Waals surface area contributed by atoms with Gasteiger partial charge in [0.2, 0.25) is 5.91 Å². The molecule has 2 heterocycles. The summed E-state index contributed by atoms with van der Waals surface area (Å²) in [5.74, 6) is 1.15. The first-order chi connectivity index (χ1) is 12.2. The molecule has 0 radical (unpaired) electrons. The van der Waals surface area contributed by atoms with Crippen LogP contribution in [0.2, 0.25) is 0 Å². The molecular weight excluding hydrogens is 340 g/mol. The molecule has 1 unspecified atom stereocenters. The Morgan fingerprint density at radius 2 is 2.28 bits per heavy atom. The number of thioether (sulfide) groups is 1. The smallest absolute Gasteiger partial charge is 0.233 e. The molecule has 1 aliphatic rings. The molecule has 0 saturated carbocycles. The van der Waals surface area contributed by atoms with E-state index in [-0.39, 0.29) is 12.0 Å². The monoisotopic (exact) mass is 362 g/mol. The summed E-state index contributed by atoms with van der Waals surface area (Å²) in [5.41, 5.74) is 0.849. The van der Waals surface area contributed by atoms with Gasteiger partial charge in [0, 0.05) is 13.1 Å². The van der Waals surface area contributed by atoms with E-state index in [4.69, 9.17) is 9.47 Å². The Hall–Kier alpha value is -2.06. The fraction of sp³-hybridized carbons (Fsp3) is 0.471. The molecule has 25 heavy (non-hydrogen) atoms. The highest BCUT2D eigenvalue weighted by Gasteiger charge is 2.23. The molecule has 1 saturated heterocycles. The quantitative estimate of drug-likeness (QED) is 0.732.